The van der Waals surface area contributed by atoms with Crippen LogP contribution in [0.4, 0.5) is 0 Å². The Kier molecular flexibility index (Phi) is 3.46. The van der Waals surface area contributed by atoms with Gasteiger partial charge in [-0.05, 0) is 73.8 Å². The lowest BCUT2D eigenvalue weighted by Gasteiger charge is -2.56. The molecule has 3 fully saturated rings. The van der Waals surface area contributed by atoms with E-state index in [2.05, 4.69) is 26.0 Å². The molecule has 4 aliphatic carbocycles. The van der Waals surface area contributed by atoms with Crippen LogP contribution in [0.5, 0.6) is 0 Å². The maximum Gasteiger partial charge on any atom is 0.178 e. The van der Waals surface area contributed by atoms with Crippen molar-refractivity contribution in [2.45, 2.75) is 52.4 Å². The molecule has 0 aromatic rings. The Labute approximate surface area is 139 Å². The molecular weight excluding hydrogens is 284 g/mol. The quantitative estimate of drug-likeness (QED) is 0.736. The van der Waals surface area contributed by atoms with Gasteiger partial charge >= 0.3 is 0 Å². The van der Waals surface area contributed by atoms with Crippen molar-refractivity contribution in [2.75, 3.05) is 6.61 Å². The highest BCUT2D eigenvalue weighted by atomic mass is 16.2. The van der Waals surface area contributed by atoms with Crippen LogP contribution in [0.1, 0.15) is 52.4 Å². The van der Waals surface area contributed by atoms with Gasteiger partial charge < -0.3 is 5.11 Å². The summed E-state index contributed by atoms with van der Waals surface area (Å²) in [7, 11) is 0. The van der Waals surface area contributed by atoms with Gasteiger partial charge in [0, 0.05) is 5.41 Å². The van der Waals surface area contributed by atoms with Gasteiger partial charge in [0.2, 0.25) is 0 Å². The monoisotopic (exact) mass is 312 g/mol. The van der Waals surface area contributed by atoms with Crippen molar-refractivity contribution in [1.29, 1.82) is 0 Å². The second-order valence-electron chi connectivity index (χ2n) is 8.51. The number of fused-ring (bicyclic) bond motifs is 5. The van der Waals surface area contributed by atoms with Gasteiger partial charge in [0.25, 0.3) is 0 Å². The van der Waals surface area contributed by atoms with Crippen LogP contribution in [0.25, 0.3) is 0 Å². The number of ketones is 1. The molecular formula is C21H28O2. The smallest absolute Gasteiger partial charge is 0.178 e. The predicted molar refractivity (Wildman–Crippen MR) is 91.8 cm³/mol. The first kappa shape index (κ1) is 15.4. The van der Waals surface area contributed by atoms with Crippen molar-refractivity contribution in [3.63, 3.8) is 0 Å². The Hall–Kier alpha value is -1.15. The van der Waals surface area contributed by atoms with Crippen molar-refractivity contribution in [3.8, 4) is 0 Å². The summed E-state index contributed by atoms with van der Waals surface area (Å²) in [5, 5.41) is 9.36. The maximum absolute atomic E-state index is 11.8. The maximum atomic E-state index is 11.8. The van der Waals surface area contributed by atoms with Gasteiger partial charge in [0.1, 0.15) is 0 Å². The molecule has 0 bridgehead atoms. The van der Waals surface area contributed by atoms with E-state index in [0.29, 0.717) is 11.3 Å². The largest absolute Gasteiger partial charge is 0.392 e. The highest BCUT2D eigenvalue weighted by molar-refractivity contribution is 6.01. The molecule has 0 aromatic carbocycles. The third-order valence-corrected chi connectivity index (χ3v) is 7.74. The van der Waals surface area contributed by atoms with E-state index in [1.54, 1.807) is 6.08 Å². The average Bonchev–Trinajstić information content (AvgIpc) is 2.85. The van der Waals surface area contributed by atoms with Gasteiger partial charge in [0.15, 0.2) is 5.78 Å². The molecule has 1 N–H and O–H groups in total. The van der Waals surface area contributed by atoms with Gasteiger partial charge in [-0.2, -0.15) is 0 Å². The highest BCUT2D eigenvalue weighted by Crippen LogP contribution is 2.65. The molecule has 0 saturated heterocycles. The molecule has 0 aliphatic heterocycles. The van der Waals surface area contributed by atoms with Crippen LogP contribution in [-0.2, 0) is 4.79 Å². The summed E-state index contributed by atoms with van der Waals surface area (Å²) in [5.74, 6) is 2.37. The SMILES string of the molecule is C[C@]12C=CC(=O)C=C1CC[C@@H]1[C@@H]2CC[C@]2(C)C(=CCO)CC[C@@H]12. The number of hydrogen-bond acceptors (Lipinski definition) is 2. The van der Waals surface area contributed by atoms with E-state index in [4.69, 9.17) is 0 Å². The summed E-state index contributed by atoms with van der Waals surface area (Å²) in [5.41, 5.74) is 3.28. The lowest BCUT2D eigenvalue weighted by molar-refractivity contribution is -0.111. The Morgan fingerprint density at radius 3 is 2.83 bits per heavy atom. The molecule has 0 spiro atoms. The molecule has 2 heteroatoms. The Morgan fingerprint density at radius 1 is 1.22 bits per heavy atom. The normalized spacial score (nSPS) is 47.1. The number of carbonyl (C=O) groups excluding carboxylic acids is 1. The van der Waals surface area contributed by atoms with Crippen LogP contribution in [0.15, 0.2) is 35.5 Å². The Morgan fingerprint density at radius 2 is 2.04 bits per heavy atom. The van der Waals surface area contributed by atoms with Gasteiger partial charge in [-0.1, -0.05) is 37.1 Å². The number of rotatable bonds is 1. The molecule has 23 heavy (non-hydrogen) atoms. The summed E-state index contributed by atoms with van der Waals surface area (Å²) in [6, 6.07) is 0. The molecule has 0 amide bonds. The summed E-state index contributed by atoms with van der Waals surface area (Å²) >= 11 is 0. The second-order valence-corrected chi connectivity index (χ2v) is 8.51. The van der Waals surface area contributed by atoms with Crippen LogP contribution in [0.3, 0.4) is 0 Å². The van der Waals surface area contributed by atoms with Crippen molar-refractivity contribution in [3.05, 3.63) is 35.5 Å². The van der Waals surface area contributed by atoms with Crippen LogP contribution >= 0.6 is 0 Å². The lowest BCUT2D eigenvalue weighted by atomic mass is 9.48. The highest BCUT2D eigenvalue weighted by Gasteiger charge is 2.56. The fourth-order valence-corrected chi connectivity index (χ4v) is 6.49. The first-order chi connectivity index (χ1) is 11.0. The zero-order valence-electron chi connectivity index (χ0n) is 14.3. The molecule has 124 valence electrons. The first-order valence-corrected chi connectivity index (χ1v) is 9.23. The van der Waals surface area contributed by atoms with Gasteiger partial charge in [-0.25, -0.2) is 0 Å². The predicted octanol–water partition coefficient (Wildman–Crippen LogP) is 4.21. The third kappa shape index (κ3) is 2.07. The van der Waals surface area contributed by atoms with Crippen molar-refractivity contribution >= 4 is 5.78 Å². The van der Waals surface area contributed by atoms with E-state index in [9.17, 15) is 9.90 Å². The minimum atomic E-state index is 0.0988. The Bertz CT molecular complexity index is 626. The zero-order valence-corrected chi connectivity index (χ0v) is 14.3. The molecule has 0 unspecified atom stereocenters. The van der Waals surface area contributed by atoms with Gasteiger partial charge in [-0.3, -0.25) is 4.79 Å². The van der Waals surface area contributed by atoms with E-state index >= 15 is 0 Å². The molecule has 3 saturated carbocycles. The molecule has 2 nitrogen and oxygen atoms in total. The summed E-state index contributed by atoms with van der Waals surface area (Å²) in [6.45, 7) is 4.98. The summed E-state index contributed by atoms with van der Waals surface area (Å²) in [6.07, 6.45) is 15.2. The van der Waals surface area contributed by atoms with E-state index in [1.165, 1.54) is 43.3 Å². The molecule has 0 radical (unpaired) electrons. The van der Waals surface area contributed by atoms with E-state index < -0.39 is 0 Å². The third-order valence-electron chi connectivity index (χ3n) is 7.74. The number of aliphatic hydroxyl groups excluding tert-OH is 1. The minimum absolute atomic E-state index is 0.0988. The zero-order chi connectivity index (χ0) is 16.2. The van der Waals surface area contributed by atoms with Crippen LogP contribution in [0.2, 0.25) is 0 Å². The topological polar surface area (TPSA) is 37.3 Å². The summed E-state index contributed by atoms with van der Waals surface area (Å²) < 4.78 is 0. The average molecular weight is 312 g/mol. The molecule has 0 heterocycles. The van der Waals surface area contributed by atoms with Crippen LogP contribution < -0.4 is 0 Å². The van der Waals surface area contributed by atoms with E-state index in [1.807, 2.05) is 6.08 Å². The van der Waals surface area contributed by atoms with Gasteiger partial charge in [0.05, 0.1) is 6.61 Å². The fourth-order valence-electron chi connectivity index (χ4n) is 6.49. The van der Waals surface area contributed by atoms with Crippen LogP contribution in [-0.4, -0.2) is 17.5 Å². The molecule has 4 rings (SSSR count). The lowest BCUT2D eigenvalue weighted by Crippen LogP contribution is -2.48. The number of allylic oxidation sites excluding steroid dienone is 5. The van der Waals surface area contributed by atoms with Crippen molar-refractivity contribution in [1.82, 2.24) is 0 Å². The molecule has 5 atom stereocenters. The van der Waals surface area contributed by atoms with Gasteiger partial charge in [-0.15, -0.1) is 0 Å². The number of aliphatic hydroxyl groups is 1. The van der Waals surface area contributed by atoms with Crippen LogP contribution in [0, 0.1) is 28.6 Å². The Balaban J connectivity index is 1.68. The van der Waals surface area contributed by atoms with Crippen molar-refractivity contribution in [2.24, 2.45) is 28.6 Å². The first-order valence-electron chi connectivity index (χ1n) is 9.23. The standard InChI is InChI=1S/C21H28O2/c1-20-11-8-19-17(18(20)6-4-14(20)9-12-22)5-3-15-13-16(23)7-10-21(15,19)2/h7,9-10,13,17-19,22H,3-6,8,11-12H2,1-2H3/t17-,18-,19-,20+,21-/m0/s1. The number of hydrogen-bond donors (Lipinski definition) is 1. The molecule has 4 aliphatic rings. The van der Waals surface area contributed by atoms with E-state index in [-0.39, 0.29) is 17.8 Å². The molecule has 0 aromatic heterocycles. The minimum Gasteiger partial charge on any atom is -0.392 e. The second kappa shape index (κ2) is 5.17. The fraction of sp³-hybridized carbons (Fsp3) is 0.667. The number of carbonyl (C=O) groups is 1. The van der Waals surface area contributed by atoms with Crippen molar-refractivity contribution < 1.29 is 9.90 Å². The summed E-state index contributed by atoms with van der Waals surface area (Å²) in [4.78, 5) is 11.8. The van der Waals surface area contributed by atoms with E-state index in [0.717, 1.165) is 18.3 Å².